The number of nitrogens with zero attached hydrogens (tertiary/aromatic N) is 3. The van der Waals surface area contributed by atoms with Crippen LogP contribution in [0.2, 0.25) is 0 Å². The molecule has 2 aliphatic heterocycles. The summed E-state index contributed by atoms with van der Waals surface area (Å²) in [6.45, 7) is 6.69. The van der Waals surface area contributed by atoms with Crippen LogP contribution >= 0.6 is 0 Å². The van der Waals surface area contributed by atoms with Crippen LogP contribution in [-0.2, 0) is 16.6 Å². The standard InChI is InChI=1S/C21H23N3O6S/c1-14-15(2)22-30-21(14)18-5-6-20(29-18)31(25,26)24-9-7-23(8-10-24)12-16-3-4-17-19(11-16)28-13-27-17/h3-6,11H,7-10,12-13H2,1-2H3. The van der Waals surface area contributed by atoms with Gasteiger partial charge in [-0.25, -0.2) is 8.42 Å². The third-order valence-electron chi connectivity index (χ3n) is 5.73. The molecule has 0 radical (unpaired) electrons. The summed E-state index contributed by atoms with van der Waals surface area (Å²) in [5.41, 5.74) is 2.68. The topological polar surface area (TPSA) is 98.3 Å². The Bertz CT molecular complexity index is 1210. The molecule has 0 aliphatic carbocycles. The van der Waals surface area contributed by atoms with Crippen LogP contribution in [0.4, 0.5) is 0 Å². The van der Waals surface area contributed by atoms with Crippen molar-refractivity contribution in [2.75, 3.05) is 33.0 Å². The Morgan fingerprint density at radius 2 is 1.77 bits per heavy atom. The first-order valence-corrected chi connectivity index (χ1v) is 11.5. The normalized spacial score (nSPS) is 17.4. The molecule has 3 aromatic rings. The first-order chi connectivity index (χ1) is 14.9. The van der Waals surface area contributed by atoms with Crippen LogP contribution in [-0.4, -0.2) is 55.8 Å². The summed E-state index contributed by atoms with van der Waals surface area (Å²) >= 11 is 0. The highest BCUT2D eigenvalue weighted by Crippen LogP contribution is 2.33. The molecule has 9 nitrogen and oxygen atoms in total. The summed E-state index contributed by atoms with van der Waals surface area (Å²) < 4.78 is 49.3. The molecule has 10 heteroatoms. The molecule has 5 rings (SSSR count). The van der Waals surface area contributed by atoms with Gasteiger partial charge < -0.3 is 18.4 Å². The summed E-state index contributed by atoms with van der Waals surface area (Å²) in [7, 11) is -3.72. The Kier molecular flexibility index (Phi) is 4.99. The molecule has 0 spiro atoms. The molecule has 0 N–H and O–H groups in total. The lowest BCUT2D eigenvalue weighted by atomic mass is 10.2. The van der Waals surface area contributed by atoms with Crippen LogP contribution < -0.4 is 9.47 Å². The first-order valence-electron chi connectivity index (χ1n) is 10.1. The van der Waals surface area contributed by atoms with E-state index < -0.39 is 10.0 Å². The molecule has 0 unspecified atom stereocenters. The van der Waals surface area contributed by atoms with Crippen LogP contribution in [0.1, 0.15) is 16.8 Å². The zero-order valence-corrected chi connectivity index (χ0v) is 18.1. The van der Waals surface area contributed by atoms with Gasteiger partial charge in [0.2, 0.25) is 17.6 Å². The molecule has 4 heterocycles. The van der Waals surface area contributed by atoms with Crippen LogP contribution in [0.3, 0.4) is 0 Å². The lowest BCUT2D eigenvalue weighted by Gasteiger charge is -2.33. The Balaban J connectivity index is 1.24. The van der Waals surface area contributed by atoms with Gasteiger partial charge in [0.25, 0.3) is 10.0 Å². The van der Waals surface area contributed by atoms with Crippen molar-refractivity contribution in [3.63, 3.8) is 0 Å². The van der Waals surface area contributed by atoms with Crippen LogP contribution in [0, 0.1) is 13.8 Å². The van der Waals surface area contributed by atoms with Gasteiger partial charge in [-0.3, -0.25) is 4.90 Å². The number of fused-ring (bicyclic) bond motifs is 1. The molecule has 1 aromatic carbocycles. The van der Waals surface area contributed by atoms with E-state index in [9.17, 15) is 8.42 Å². The monoisotopic (exact) mass is 445 g/mol. The fourth-order valence-electron chi connectivity index (χ4n) is 3.78. The molecular weight excluding hydrogens is 422 g/mol. The van der Waals surface area contributed by atoms with Crippen molar-refractivity contribution in [3.05, 3.63) is 47.2 Å². The summed E-state index contributed by atoms with van der Waals surface area (Å²) in [6.07, 6.45) is 0. The van der Waals surface area contributed by atoms with Gasteiger partial charge >= 0.3 is 0 Å². The predicted octanol–water partition coefficient (Wildman–Crippen LogP) is 2.79. The third kappa shape index (κ3) is 3.71. The third-order valence-corrected chi connectivity index (χ3v) is 7.50. The van der Waals surface area contributed by atoms with Gasteiger partial charge in [0.15, 0.2) is 17.3 Å². The summed E-state index contributed by atoms with van der Waals surface area (Å²) in [5, 5.41) is 3.82. The van der Waals surface area contributed by atoms with Gasteiger partial charge in [0, 0.05) is 38.3 Å². The maximum Gasteiger partial charge on any atom is 0.276 e. The lowest BCUT2D eigenvalue weighted by molar-refractivity contribution is 0.173. The van der Waals surface area contributed by atoms with Crippen molar-refractivity contribution in [2.24, 2.45) is 0 Å². The number of hydrogen-bond acceptors (Lipinski definition) is 8. The fourth-order valence-corrected chi connectivity index (χ4v) is 5.11. The van der Waals surface area contributed by atoms with E-state index in [0.717, 1.165) is 34.9 Å². The van der Waals surface area contributed by atoms with Gasteiger partial charge in [-0.2, -0.15) is 4.31 Å². The van der Waals surface area contributed by atoms with Crippen molar-refractivity contribution in [1.82, 2.24) is 14.4 Å². The lowest BCUT2D eigenvalue weighted by Crippen LogP contribution is -2.48. The van der Waals surface area contributed by atoms with E-state index in [4.69, 9.17) is 18.4 Å². The molecule has 1 saturated heterocycles. The number of piperazine rings is 1. The van der Waals surface area contributed by atoms with E-state index in [1.807, 2.05) is 32.0 Å². The number of aryl methyl sites for hydroxylation is 1. The number of aromatic nitrogens is 1. The molecule has 0 atom stereocenters. The summed E-state index contributed by atoms with van der Waals surface area (Å²) in [5.74, 6) is 2.32. The number of hydrogen-bond donors (Lipinski definition) is 0. The van der Waals surface area contributed by atoms with Gasteiger partial charge in [0.05, 0.1) is 5.69 Å². The maximum absolute atomic E-state index is 13.1. The van der Waals surface area contributed by atoms with Gasteiger partial charge in [-0.05, 0) is 43.7 Å². The highest BCUT2D eigenvalue weighted by molar-refractivity contribution is 7.89. The van der Waals surface area contributed by atoms with Crippen LogP contribution in [0.15, 0.2) is 44.4 Å². The predicted molar refractivity (Wildman–Crippen MR) is 110 cm³/mol. The van der Waals surface area contributed by atoms with E-state index in [-0.39, 0.29) is 11.9 Å². The minimum atomic E-state index is -3.72. The SMILES string of the molecule is Cc1noc(-c2ccc(S(=O)(=O)N3CCN(Cc4ccc5c(c4)OCO5)CC3)o2)c1C. The van der Waals surface area contributed by atoms with Gasteiger partial charge in [-0.15, -0.1) is 0 Å². The highest BCUT2D eigenvalue weighted by Gasteiger charge is 2.32. The number of sulfonamides is 1. The molecule has 164 valence electrons. The van der Waals surface area contributed by atoms with Crippen LogP contribution in [0.25, 0.3) is 11.5 Å². The Morgan fingerprint density at radius 3 is 2.52 bits per heavy atom. The maximum atomic E-state index is 13.1. The molecular formula is C21H23N3O6S. The largest absolute Gasteiger partial charge is 0.454 e. The zero-order chi connectivity index (χ0) is 21.6. The Labute approximate surface area is 180 Å². The Hall–Kier alpha value is -2.82. The number of benzene rings is 1. The number of ether oxygens (including phenoxy) is 2. The van der Waals surface area contributed by atoms with E-state index in [2.05, 4.69) is 10.1 Å². The van der Waals surface area contributed by atoms with Crippen molar-refractivity contribution < 1.29 is 26.8 Å². The summed E-state index contributed by atoms with van der Waals surface area (Å²) in [6, 6.07) is 8.97. The number of rotatable bonds is 5. The second-order valence-electron chi connectivity index (χ2n) is 7.71. The molecule has 0 bridgehead atoms. The van der Waals surface area contributed by atoms with Gasteiger partial charge in [0.1, 0.15) is 0 Å². The van der Waals surface area contributed by atoms with E-state index in [1.165, 1.54) is 10.4 Å². The van der Waals surface area contributed by atoms with Crippen molar-refractivity contribution in [1.29, 1.82) is 0 Å². The van der Waals surface area contributed by atoms with E-state index in [0.29, 0.717) is 37.7 Å². The summed E-state index contributed by atoms with van der Waals surface area (Å²) in [4.78, 5) is 2.22. The van der Waals surface area contributed by atoms with Crippen LogP contribution in [0.5, 0.6) is 11.5 Å². The number of furan rings is 1. The highest BCUT2D eigenvalue weighted by atomic mass is 32.2. The average molecular weight is 445 g/mol. The van der Waals surface area contributed by atoms with E-state index in [1.54, 1.807) is 6.07 Å². The van der Waals surface area contributed by atoms with Crippen molar-refractivity contribution in [3.8, 4) is 23.0 Å². The van der Waals surface area contributed by atoms with Gasteiger partial charge in [-0.1, -0.05) is 11.2 Å². The second-order valence-corrected chi connectivity index (χ2v) is 9.58. The average Bonchev–Trinajstić information content (AvgIpc) is 3.49. The molecule has 1 fully saturated rings. The quantitative estimate of drug-likeness (QED) is 0.591. The molecule has 31 heavy (non-hydrogen) atoms. The molecule has 0 amide bonds. The minimum absolute atomic E-state index is 0.0832. The van der Waals surface area contributed by atoms with Crippen molar-refractivity contribution in [2.45, 2.75) is 25.5 Å². The van der Waals surface area contributed by atoms with E-state index >= 15 is 0 Å². The fraction of sp³-hybridized carbons (Fsp3) is 0.381. The molecule has 2 aromatic heterocycles. The second kappa shape index (κ2) is 7.70. The first kappa shape index (κ1) is 20.1. The molecule has 0 saturated carbocycles. The van der Waals surface area contributed by atoms with Crippen molar-refractivity contribution >= 4 is 10.0 Å². The zero-order valence-electron chi connectivity index (χ0n) is 17.3. The Morgan fingerprint density at radius 1 is 1.00 bits per heavy atom. The smallest absolute Gasteiger partial charge is 0.276 e. The molecule has 2 aliphatic rings. The minimum Gasteiger partial charge on any atom is -0.454 e.